The summed E-state index contributed by atoms with van der Waals surface area (Å²) in [5, 5.41) is 15.2. The zero-order valence-electron chi connectivity index (χ0n) is 9.51. The number of amides is 1. The third-order valence-electron chi connectivity index (χ3n) is 3.29. The zero-order chi connectivity index (χ0) is 12.5. The lowest BCUT2D eigenvalue weighted by molar-refractivity contribution is -0.150. The average molecular weight is 238 g/mol. The van der Waals surface area contributed by atoms with Crippen LogP contribution in [0.2, 0.25) is 0 Å². The maximum Gasteiger partial charge on any atom is 0.309 e. The number of nitrogens with zero attached hydrogens (tertiary/aromatic N) is 3. The van der Waals surface area contributed by atoms with E-state index < -0.39 is 11.4 Å². The van der Waals surface area contributed by atoms with Gasteiger partial charge in [0.1, 0.15) is 6.33 Å². The maximum atomic E-state index is 11.9. The Balaban J connectivity index is 2.00. The van der Waals surface area contributed by atoms with Gasteiger partial charge in [0, 0.05) is 13.1 Å². The van der Waals surface area contributed by atoms with Crippen LogP contribution in [0.3, 0.4) is 0 Å². The van der Waals surface area contributed by atoms with Crippen molar-refractivity contribution in [1.29, 1.82) is 0 Å². The molecule has 0 saturated carbocycles. The van der Waals surface area contributed by atoms with Gasteiger partial charge in [-0.25, -0.2) is 4.98 Å². The third-order valence-corrected chi connectivity index (χ3v) is 3.29. The molecule has 17 heavy (non-hydrogen) atoms. The minimum absolute atomic E-state index is 0.198. The second-order valence-corrected chi connectivity index (χ2v) is 4.49. The zero-order valence-corrected chi connectivity index (χ0v) is 9.51. The van der Waals surface area contributed by atoms with Gasteiger partial charge in [0.15, 0.2) is 0 Å². The summed E-state index contributed by atoms with van der Waals surface area (Å²) in [6.45, 7) is 2.58. The number of aromatic amines is 1. The van der Waals surface area contributed by atoms with E-state index in [0.29, 0.717) is 25.9 Å². The van der Waals surface area contributed by atoms with Crippen LogP contribution in [0.25, 0.3) is 0 Å². The van der Waals surface area contributed by atoms with Crippen LogP contribution in [0.5, 0.6) is 0 Å². The predicted molar refractivity (Wildman–Crippen MR) is 57.3 cm³/mol. The molecule has 0 aliphatic carbocycles. The Morgan fingerprint density at radius 3 is 2.59 bits per heavy atom. The van der Waals surface area contributed by atoms with Gasteiger partial charge in [-0.1, -0.05) is 0 Å². The Bertz CT molecular complexity index is 421. The highest BCUT2D eigenvalue weighted by atomic mass is 16.4. The monoisotopic (exact) mass is 238 g/mol. The van der Waals surface area contributed by atoms with Gasteiger partial charge < -0.3 is 10.0 Å². The SMILES string of the molecule is CC1(C(=O)O)CCN(C(=O)c2ncn[nH]2)CC1. The lowest BCUT2D eigenvalue weighted by atomic mass is 9.80. The van der Waals surface area contributed by atoms with Gasteiger partial charge in [-0.15, -0.1) is 0 Å². The quantitative estimate of drug-likeness (QED) is 0.763. The van der Waals surface area contributed by atoms with Crippen LogP contribution in [0.4, 0.5) is 0 Å². The molecule has 7 heteroatoms. The molecule has 0 aromatic carbocycles. The fourth-order valence-corrected chi connectivity index (χ4v) is 1.88. The number of carboxylic acid groups (broad SMARTS) is 1. The van der Waals surface area contributed by atoms with Crippen molar-refractivity contribution in [2.24, 2.45) is 5.41 Å². The Morgan fingerprint density at radius 2 is 2.12 bits per heavy atom. The molecule has 1 aromatic heterocycles. The molecule has 1 saturated heterocycles. The topological polar surface area (TPSA) is 99.2 Å². The van der Waals surface area contributed by atoms with Crippen LogP contribution < -0.4 is 0 Å². The van der Waals surface area contributed by atoms with Crippen molar-refractivity contribution >= 4 is 11.9 Å². The molecule has 1 fully saturated rings. The number of carbonyl (C=O) groups excluding carboxylic acids is 1. The van der Waals surface area contributed by atoms with Crippen molar-refractivity contribution < 1.29 is 14.7 Å². The lowest BCUT2D eigenvalue weighted by Crippen LogP contribution is -2.45. The Kier molecular flexibility index (Phi) is 2.83. The number of hydrogen-bond donors (Lipinski definition) is 2. The minimum Gasteiger partial charge on any atom is -0.481 e. The fourth-order valence-electron chi connectivity index (χ4n) is 1.88. The number of piperidine rings is 1. The van der Waals surface area contributed by atoms with E-state index in [2.05, 4.69) is 15.2 Å². The summed E-state index contributed by atoms with van der Waals surface area (Å²) in [6.07, 6.45) is 2.20. The van der Waals surface area contributed by atoms with E-state index in [-0.39, 0.29) is 11.7 Å². The van der Waals surface area contributed by atoms with E-state index in [1.165, 1.54) is 6.33 Å². The number of aliphatic carboxylic acids is 1. The average Bonchev–Trinajstić information content (AvgIpc) is 2.82. The lowest BCUT2D eigenvalue weighted by Gasteiger charge is -2.35. The summed E-state index contributed by atoms with van der Waals surface area (Å²) < 4.78 is 0. The summed E-state index contributed by atoms with van der Waals surface area (Å²) in [4.78, 5) is 28.3. The molecule has 1 aliphatic heterocycles. The maximum absolute atomic E-state index is 11.9. The first kappa shape index (κ1) is 11.6. The summed E-state index contributed by atoms with van der Waals surface area (Å²) in [6, 6.07) is 0. The van der Waals surface area contributed by atoms with Gasteiger partial charge in [-0.3, -0.25) is 14.7 Å². The van der Waals surface area contributed by atoms with E-state index >= 15 is 0 Å². The number of carboxylic acids is 1. The van der Waals surface area contributed by atoms with E-state index in [9.17, 15) is 9.59 Å². The van der Waals surface area contributed by atoms with Crippen molar-refractivity contribution in [3.8, 4) is 0 Å². The number of aromatic nitrogens is 3. The molecule has 0 unspecified atom stereocenters. The van der Waals surface area contributed by atoms with Gasteiger partial charge in [-0.2, -0.15) is 5.10 Å². The first-order valence-corrected chi connectivity index (χ1v) is 5.41. The first-order chi connectivity index (χ1) is 8.03. The van der Waals surface area contributed by atoms with Crippen molar-refractivity contribution in [3.63, 3.8) is 0 Å². The minimum atomic E-state index is -0.802. The van der Waals surface area contributed by atoms with Gasteiger partial charge in [0.25, 0.3) is 5.91 Å². The van der Waals surface area contributed by atoms with Gasteiger partial charge >= 0.3 is 5.97 Å². The van der Waals surface area contributed by atoms with Crippen molar-refractivity contribution in [1.82, 2.24) is 20.1 Å². The number of carbonyl (C=O) groups is 2. The second-order valence-electron chi connectivity index (χ2n) is 4.49. The van der Waals surface area contributed by atoms with Crippen molar-refractivity contribution in [2.75, 3.05) is 13.1 Å². The molecule has 2 heterocycles. The highest BCUT2D eigenvalue weighted by Crippen LogP contribution is 2.31. The van der Waals surface area contributed by atoms with Crippen molar-refractivity contribution in [2.45, 2.75) is 19.8 Å². The second kappa shape index (κ2) is 4.15. The number of hydrogen-bond acceptors (Lipinski definition) is 4. The Labute approximate surface area is 97.8 Å². The van der Waals surface area contributed by atoms with E-state index in [4.69, 9.17) is 5.11 Å². The van der Waals surface area contributed by atoms with Crippen molar-refractivity contribution in [3.05, 3.63) is 12.2 Å². The van der Waals surface area contributed by atoms with Crippen LogP contribution in [0.1, 0.15) is 30.4 Å². The van der Waals surface area contributed by atoms with Crippen LogP contribution in [-0.4, -0.2) is 50.2 Å². The van der Waals surface area contributed by atoms with E-state index in [1.54, 1.807) is 11.8 Å². The van der Waals surface area contributed by atoms with E-state index in [1.807, 2.05) is 0 Å². The first-order valence-electron chi connectivity index (χ1n) is 5.41. The van der Waals surface area contributed by atoms with E-state index in [0.717, 1.165) is 0 Å². The molecular weight excluding hydrogens is 224 g/mol. The molecular formula is C10H14N4O3. The molecule has 92 valence electrons. The summed E-state index contributed by atoms with van der Waals surface area (Å²) in [7, 11) is 0. The Morgan fingerprint density at radius 1 is 1.47 bits per heavy atom. The largest absolute Gasteiger partial charge is 0.481 e. The summed E-state index contributed by atoms with van der Waals surface area (Å²) in [5.74, 6) is -0.830. The van der Waals surface area contributed by atoms with Gasteiger partial charge in [0.05, 0.1) is 5.41 Å². The van der Waals surface area contributed by atoms with Crippen LogP contribution in [0.15, 0.2) is 6.33 Å². The standard InChI is InChI=1S/C10H14N4O3/c1-10(9(16)17)2-4-14(5-3-10)8(15)7-11-6-12-13-7/h6H,2-5H2,1H3,(H,16,17)(H,11,12,13). The van der Waals surface area contributed by atoms with Gasteiger partial charge in [0.2, 0.25) is 5.82 Å². The predicted octanol–water partition coefficient (Wildman–Crippen LogP) is 0.132. The Hall–Kier alpha value is -1.92. The van der Waals surface area contributed by atoms with Crippen LogP contribution in [0, 0.1) is 5.41 Å². The molecule has 2 N–H and O–H groups in total. The normalized spacial score (nSPS) is 19.0. The van der Waals surface area contributed by atoms with Crippen LogP contribution >= 0.6 is 0 Å². The molecule has 7 nitrogen and oxygen atoms in total. The van der Waals surface area contributed by atoms with Crippen LogP contribution in [-0.2, 0) is 4.79 Å². The molecule has 1 aliphatic rings. The smallest absolute Gasteiger partial charge is 0.309 e. The molecule has 0 radical (unpaired) electrons. The summed E-state index contributed by atoms with van der Waals surface area (Å²) in [5.41, 5.74) is -0.724. The van der Waals surface area contributed by atoms with Gasteiger partial charge in [-0.05, 0) is 19.8 Å². The number of H-pyrrole nitrogens is 1. The molecule has 1 amide bonds. The number of likely N-dealkylation sites (tertiary alicyclic amines) is 1. The summed E-state index contributed by atoms with van der Waals surface area (Å²) >= 11 is 0. The highest BCUT2D eigenvalue weighted by molar-refractivity contribution is 5.90. The fraction of sp³-hybridized carbons (Fsp3) is 0.600. The molecule has 0 bridgehead atoms. The third kappa shape index (κ3) is 2.13. The molecule has 2 rings (SSSR count). The number of rotatable bonds is 2. The highest BCUT2D eigenvalue weighted by Gasteiger charge is 2.38. The molecule has 1 aromatic rings. The molecule has 0 atom stereocenters. The molecule has 0 spiro atoms. The number of nitrogens with one attached hydrogen (secondary N) is 1.